The van der Waals surface area contributed by atoms with Crippen LogP contribution in [-0.4, -0.2) is 11.8 Å². The zero-order valence-electron chi connectivity index (χ0n) is 10.6. The summed E-state index contributed by atoms with van der Waals surface area (Å²) >= 11 is 2.01. The smallest absolute Gasteiger partial charge is 0.0205 e. The Balaban J connectivity index is 2.59. The second-order valence-electron chi connectivity index (χ2n) is 3.98. The molecule has 2 heteroatoms. The minimum atomic E-state index is 0.759. The lowest BCUT2D eigenvalue weighted by atomic mass is 10.2. The van der Waals surface area contributed by atoms with Gasteiger partial charge in [-0.1, -0.05) is 32.9 Å². The quantitative estimate of drug-likeness (QED) is 0.717. The van der Waals surface area contributed by atoms with E-state index in [9.17, 15) is 0 Å². The molecule has 0 atom stereocenters. The summed E-state index contributed by atoms with van der Waals surface area (Å²) in [6.45, 7) is 8.69. The van der Waals surface area contributed by atoms with E-state index in [1.54, 1.807) is 0 Å². The number of nitrogens with one attached hydrogen (secondary N) is 1. The maximum absolute atomic E-state index is 3.36. The van der Waals surface area contributed by atoms with Gasteiger partial charge >= 0.3 is 0 Å². The van der Waals surface area contributed by atoms with Gasteiger partial charge in [0.05, 0.1) is 0 Å². The van der Waals surface area contributed by atoms with Gasteiger partial charge in [0.1, 0.15) is 0 Å². The first kappa shape index (κ1) is 13.6. The van der Waals surface area contributed by atoms with Crippen molar-refractivity contribution in [2.75, 3.05) is 6.54 Å². The lowest BCUT2D eigenvalue weighted by molar-refractivity contribution is 0.725. The topological polar surface area (TPSA) is 12.0 Å². The Morgan fingerprint density at radius 2 is 1.94 bits per heavy atom. The zero-order chi connectivity index (χ0) is 11.8. The Labute approximate surface area is 104 Å². The number of thioether (sulfide) groups is 1. The van der Waals surface area contributed by atoms with Crippen molar-refractivity contribution in [3.63, 3.8) is 0 Å². The van der Waals surface area contributed by atoms with Gasteiger partial charge in [-0.15, -0.1) is 11.8 Å². The zero-order valence-corrected chi connectivity index (χ0v) is 11.4. The van der Waals surface area contributed by atoms with Gasteiger partial charge in [0.2, 0.25) is 0 Å². The molecular weight excluding hydrogens is 214 g/mol. The van der Waals surface area contributed by atoms with Gasteiger partial charge in [0.25, 0.3) is 0 Å². The molecule has 1 N–H and O–H groups in total. The summed E-state index contributed by atoms with van der Waals surface area (Å²) in [5.74, 6) is 0. The van der Waals surface area contributed by atoms with Crippen molar-refractivity contribution in [1.29, 1.82) is 0 Å². The molecule has 0 unspecified atom stereocenters. The highest BCUT2D eigenvalue weighted by atomic mass is 32.2. The second-order valence-corrected chi connectivity index (χ2v) is 5.36. The fraction of sp³-hybridized carbons (Fsp3) is 0.571. The molecule has 0 bridgehead atoms. The third kappa shape index (κ3) is 4.58. The molecule has 90 valence electrons. The SMILES string of the molecule is CCNCc1cccc(SC(CC)CC)c1. The summed E-state index contributed by atoms with van der Waals surface area (Å²) in [7, 11) is 0. The van der Waals surface area contributed by atoms with Crippen molar-refractivity contribution in [2.45, 2.75) is 50.3 Å². The molecule has 0 spiro atoms. The van der Waals surface area contributed by atoms with Gasteiger partial charge in [-0.3, -0.25) is 0 Å². The van der Waals surface area contributed by atoms with E-state index in [0.29, 0.717) is 0 Å². The van der Waals surface area contributed by atoms with Gasteiger partial charge in [-0.2, -0.15) is 0 Å². The lowest BCUT2D eigenvalue weighted by Crippen LogP contribution is -2.11. The fourth-order valence-corrected chi connectivity index (χ4v) is 2.74. The highest BCUT2D eigenvalue weighted by Crippen LogP contribution is 2.27. The van der Waals surface area contributed by atoms with Gasteiger partial charge in [0, 0.05) is 16.7 Å². The van der Waals surface area contributed by atoms with Crippen LogP contribution in [0.15, 0.2) is 29.2 Å². The predicted molar refractivity (Wildman–Crippen MR) is 74.0 cm³/mol. The van der Waals surface area contributed by atoms with Crippen LogP contribution in [0.25, 0.3) is 0 Å². The first-order valence-electron chi connectivity index (χ1n) is 6.26. The predicted octanol–water partition coefficient (Wildman–Crippen LogP) is 4.08. The van der Waals surface area contributed by atoms with Crippen LogP contribution in [0.5, 0.6) is 0 Å². The molecule has 1 aromatic rings. The molecule has 0 radical (unpaired) electrons. The largest absolute Gasteiger partial charge is 0.313 e. The highest BCUT2D eigenvalue weighted by molar-refractivity contribution is 8.00. The number of hydrogen-bond donors (Lipinski definition) is 1. The van der Waals surface area contributed by atoms with E-state index in [1.165, 1.54) is 23.3 Å². The Morgan fingerprint density at radius 3 is 2.56 bits per heavy atom. The van der Waals surface area contributed by atoms with E-state index in [1.807, 2.05) is 11.8 Å². The average molecular weight is 237 g/mol. The van der Waals surface area contributed by atoms with Crippen LogP contribution in [0.1, 0.15) is 39.2 Å². The van der Waals surface area contributed by atoms with Crippen molar-refractivity contribution in [1.82, 2.24) is 5.32 Å². The first-order valence-corrected chi connectivity index (χ1v) is 7.14. The summed E-state index contributed by atoms with van der Waals surface area (Å²) in [6.07, 6.45) is 2.50. The molecule has 0 aliphatic carbocycles. The number of hydrogen-bond acceptors (Lipinski definition) is 2. The summed E-state index contributed by atoms with van der Waals surface area (Å²) in [5.41, 5.74) is 1.39. The summed E-state index contributed by atoms with van der Waals surface area (Å²) in [5, 5.41) is 4.12. The molecule has 0 heterocycles. The van der Waals surface area contributed by atoms with Crippen LogP contribution in [0.2, 0.25) is 0 Å². The van der Waals surface area contributed by atoms with Crippen molar-refractivity contribution < 1.29 is 0 Å². The van der Waals surface area contributed by atoms with Crippen molar-refractivity contribution in [3.05, 3.63) is 29.8 Å². The molecule has 0 fully saturated rings. The average Bonchev–Trinajstić information content (AvgIpc) is 2.34. The van der Waals surface area contributed by atoms with Crippen molar-refractivity contribution in [2.24, 2.45) is 0 Å². The minimum absolute atomic E-state index is 0.759. The van der Waals surface area contributed by atoms with Gasteiger partial charge in [-0.25, -0.2) is 0 Å². The molecule has 1 aromatic carbocycles. The molecule has 0 saturated heterocycles. The Morgan fingerprint density at radius 1 is 1.19 bits per heavy atom. The third-order valence-electron chi connectivity index (χ3n) is 2.69. The van der Waals surface area contributed by atoms with Crippen molar-refractivity contribution >= 4 is 11.8 Å². The van der Waals surface area contributed by atoms with E-state index in [2.05, 4.69) is 50.4 Å². The summed E-state index contributed by atoms with van der Waals surface area (Å²) in [4.78, 5) is 1.41. The van der Waals surface area contributed by atoms with Crippen LogP contribution in [-0.2, 0) is 6.54 Å². The summed E-state index contributed by atoms with van der Waals surface area (Å²) < 4.78 is 0. The molecule has 1 nitrogen and oxygen atoms in total. The molecule has 0 aromatic heterocycles. The maximum atomic E-state index is 3.36. The van der Waals surface area contributed by atoms with Crippen LogP contribution < -0.4 is 5.32 Å². The number of benzene rings is 1. The van der Waals surface area contributed by atoms with E-state index in [0.717, 1.165) is 18.3 Å². The van der Waals surface area contributed by atoms with E-state index >= 15 is 0 Å². The molecule has 0 aliphatic rings. The van der Waals surface area contributed by atoms with E-state index in [-0.39, 0.29) is 0 Å². The van der Waals surface area contributed by atoms with E-state index in [4.69, 9.17) is 0 Å². The lowest BCUT2D eigenvalue weighted by Gasteiger charge is -2.12. The first-order chi connectivity index (χ1) is 7.80. The molecule has 0 saturated carbocycles. The van der Waals surface area contributed by atoms with Gasteiger partial charge in [-0.05, 0) is 37.1 Å². The second kappa shape index (κ2) is 7.75. The van der Waals surface area contributed by atoms with E-state index < -0.39 is 0 Å². The highest BCUT2D eigenvalue weighted by Gasteiger charge is 2.05. The fourth-order valence-electron chi connectivity index (χ4n) is 1.65. The van der Waals surface area contributed by atoms with Crippen LogP contribution in [0, 0.1) is 0 Å². The van der Waals surface area contributed by atoms with Crippen LogP contribution in [0.3, 0.4) is 0 Å². The molecule has 16 heavy (non-hydrogen) atoms. The Bertz CT molecular complexity index is 295. The molecule has 0 aliphatic heterocycles. The normalized spacial score (nSPS) is 11.0. The van der Waals surface area contributed by atoms with Crippen molar-refractivity contribution in [3.8, 4) is 0 Å². The molecule has 0 amide bonds. The molecule has 1 rings (SSSR count). The van der Waals surface area contributed by atoms with Gasteiger partial charge in [0.15, 0.2) is 0 Å². The minimum Gasteiger partial charge on any atom is -0.313 e. The standard InChI is InChI=1S/C14H23NS/c1-4-13(5-2)16-14-9-7-8-12(10-14)11-15-6-3/h7-10,13,15H,4-6,11H2,1-3H3. The van der Waals surface area contributed by atoms with Crippen LogP contribution in [0.4, 0.5) is 0 Å². The van der Waals surface area contributed by atoms with Gasteiger partial charge < -0.3 is 5.32 Å². The third-order valence-corrected chi connectivity index (χ3v) is 4.22. The van der Waals surface area contributed by atoms with Crippen LogP contribution >= 0.6 is 11.8 Å². The maximum Gasteiger partial charge on any atom is 0.0205 e. The molecular formula is C14H23NS. The Kier molecular flexibility index (Phi) is 6.58. The Hall–Kier alpha value is -0.470. The number of rotatable bonds is 7. The summed E-state index contributed by atoms with van der Waals surface area (Å²) in [6, 6.07) is 8.89. The monoisotopic (exact) mass is 237 g/mol.